The zero-order valence-corrected chi connectivity index (χ0v) is 20.3. The third kappa shape index (κ3) is 6.59. The lowest BCUT2D eigenvalue weighted by Gasteiger charge is -2.26. The number of hydrogen-bond donors (Lipinski definition) is 1. The van der Waals surface area contributed by atoms with Gasteiger partial charge in [-0.3, -0.25) is 4.90 Å². The third-order valence-electron chi connectivity index (χ3n) is 5.78. The highest BCUT2D eigenvalue weighted by Crippen LogP contribution is 2.32. The van der Waals surface area contributed by atoms with E-state index in [0.29, 0.717) is 13.1 Å². The van der Waals surface area contributed by atoms with Crippen molar-refractivity contribution in [3.63, 3.8) is 0 Å². The summed E-state index contributed by atoms with van der Waals surface area (Å²) in [6.45, 7) is 12.4. The lowest BCUT2D eigenvalue weighted by Crippen LogP contribution is -2.36. The second kappa shape index (κ2) is 12.4. The number of benzene rings is 2. The number of aromatic nitrogens is 1. The predicted octanol–water partition coefficient (Wildman–Crippen LogP) is 5.15. The first-order valence-corrected chi connectivity index (χ1v) is 11.9. The second-order valence-electron chi connectivity index (χ2n) is 8.32. The maximum Gasteiger partial charge on any atom is 0.232 e. The van der Waals surface area contributed by atoms with Crippen molar-refractivity contribution in [1.82, 2.24) is 10.1 Å². The van der Waals surface area contributed by atoms with E-state index in [-0.39, 0.29) is 6.61 Å². The highest BCUT2D eigenvalue weighted by Gasteiger charge is 2.24. The van der Waals surface area contributed by atoms with Gasteiger partial charge in [0.15, 0.2) is 0 Å². The summed E-state index contributed by atoms with van der Waals surface area (Å²) in [7, 11) is 0. The molecule has 3 rings (SSSR count). The monoisotopic (exact) mass is 451 g/mol. The third-order valence-corrected chi connectivity index (χ3v) is 5.78. The van der Waals surface area contributed by atoms with Gasteiger partial charge in [0, 0.05) is 31.7 Å². The number of rotatable bonds is 13. The van der Waals surface area contributed by atoms with Crippen molar-refractivity contribution in [2.24, 2.45) is 0 Å². The highest BCUT2D eigenvalue weighted by molar-refractivity contribution is 5.68. The summed E-state index contributed by atoms with van der Waals surface area (Å²) in [5.74, 6) is 1.62. The average molecular weight is 452 g/mol. The molecular weight excluding hydrogens is 414 g/mol. The van der Waals surface area contributed by atoms with Crippen LogP contribution in [0.2, 0.25) is 0 Å². The summed E-state index contributed by atoms with van der Waals surface area (Å²) in [6, 6.07) is 18.0. The van der Waals surface area contributed by atoms with Crippen molar-refractivity contribution in [2.45, 2.75) is 46.8 Å². The van der Waals surface area contributed by atoms with E-state index in [2.05, 4.69) is 47.9 Å². The van der Waals surface area contributed by atoms with E-state index in [9.17, 15) is 5.11 Å². The fourth-order valence-electron chi connectivity index (χ4n) is 4.06. The lowest BCUT2D eigenvalue weighted by atomic mass is 10.1. The standard InChI is InChI=1S/C27H37N3O3/c1-5-17-29(18-23(31)20-32-25-16-12-11-13-21(25)4)19-24-26(22-14-9-8-10-15-22)28-33-27(24)30(6-2)7-3/h8-16,23,31H,5-7,17-20H2,1-4H3. The van der Waals surface area contributed by atoms with Crippen LogP contribution in [-0.4, -0.2) is 54.1 Å². The summed E-state index contributed by atoms with van der Waals surface area (Å²) in [5, 5.41) is 15.2. The van der Waals surface area contributed by atoms with E-state index in [1.165, 1.54) is 0 Å². The fraction of sp³-hybridized carbons (Fsp3) is 0.444. The Morgan fingerprint density at radius 1 is 1.00 bits per heavy atom. The van der Waals surface area contributed by atoms with Crippen LogP contribution in [0, 0.1) is 6.92 Å². The van der Waals surface area contributed by atoms with Gasteiger partial charge in [0.2, 0.25) is 5.88 Å². The number of para-hydroxylation sites is 1. The Balaban J connectivity index is 1.78. The molecular formula is C27H37N3O3. The van der Waals surface area contributed by atoms with E-state index in [1.807, 2.05) is 49.4 Å². The van der Waals surface area contributed by atoms with Crippen LogP contribution < -0.4 is 9.64 Å². The molecule has 0 fully saturated rings. The molecule has 3 aromatic rings. The molecule has 1 heterocycles. The highest BCUT2D eigenvalue weighted by atomic mass is 16.5. The Morgan fingerprint density at radius 2 is 1.70 bits per heavy atom. The summed E-state index contributed by atoms with van der Waals surface area (Å²) in [6.07, 6.45) is 0.380. The number of aliphatic hydroxyl groups excluding tert-OH is 1. The van der Waals surface area contributed by atoms with Crippen molar-refractivity contribution in [3.05, 3.63) is 65.7 Å². The second-order valence-corrected chi connectivity index (χ2v) is 8.32. The minimum absolute atomic E-state index is 0.253. The van der Waals surface area contributed by atoms with Crippen LogP contribution in [0.15, 0.2) is 59.1 Å². The molecule has 6 nitrogen and oxygen atoms in total. The van der Waals surface area contributed by atoms with E-state index in [1.54, 1.807) is 0 Å². The lowest BCUT2D eigenvalue weighted by molar-refractivity contribution is 0.0654. The zero-order chi connectivity index (χ0) is 23.6. The normalized spacial score (nSPS) is 12.2. The maximum absolute atomic E-state index is 10.8. The zero-order valence-electron chi connectivity index (χ0n) is 20.3. The molecule has 33 heavy (non-hydrogen) atoms. The SMILES string of the molecule is CCCN(Cc1c(-c2ccccc2)noc1N(CC)CC)CC(O)COc1ccccc1C. The smallest absolute Gasteiger partial charge is 0.232 e. The molecule has 1 N–H and O–H groups in total. The van der Waals surface area contributed by atoms with Crippen molar-refractivity contribution in [3.8, 4) is 17.0 Å². The Morgan fingerprint density at radius 3 is 2.36 bits per heavy atom. The molecule has 0 aliphatic heterocycles. The van der Waals surface area contributed by atoms with Crippen LogP contribution in [0.3, 0.4) is 0 Å². The molecule has 0 amide bonds. The molecule has 0 saturated carbocycles. The summed E-state index contributed by atoms with van der Waals surface area (Å²) in [5.41, 5.74) is 4.03. The van der Waals surface area contributed by atoms with Crippen molar-refractivity contribution < 1.29 is 14.4 Å². The Labute approximate surface area is 197 Å². The minimum Gasteiger partial charge on any atom is -0.491 e. The van der Waals surface area contributed by atoms with E-state index < -0.39 is 6.10 Å². The van der Waals surface area contributed by atoms with Crippen LogP contribution in [0.1, 0.15) is 38.3 Å². The van der Waals surface area contributed by atoms with Gasteiger partial charge in [-0.05, 0) is 45.4 Å². The summed E-state index contributed by atoms with van der Waals surface area (Å²) >= 11 is 0. The predicted molar refractivity (Wildman–Crippen MR) is 134 cm³/mol. The van der Waals surface area contributed by atoms with Crippen LogP contribution in [0.5, 0.6) is 5.75 Å². The van der Waals surface area contributed by atoms with Crippen LogP contribution in [0.25, 0.3) is 11.3 Å². The number of hydrogen-bond acceptors (Lipinski definition) is 6. The number of nitrogens with zero attached hydrogens (tertiary/aromatic N) is 3. The molecule has 0 spiro atoms. The first-order valence-electron chi connectivity index (χ1n) is 11.9. The molecule has 0 saturated heterocycles. The largest absolute Gasteiger partial charge is 0.491 e. The fourth-order valence-corrected chi connectivity index (χ4v) is 4.06. The topological polar surface area (TPSA) is 62.0 Å². The van der Waals surface area contributed by atoms with Gasteiger partial charge in [-0.2, -0.15) is 0 Å². The number of anilines is 1. The molecule has 0 aliphatic carbocycles. The van der Waals surface area contributed by atoms with Gasteiger partial charge in [0.25, 0.3) is 0 Å². The molecule has 0 aliphatic rings. The van der Waals surface area contributed by atoms with Gasteiger partial charge in [0.1, 0.15) is 24.2 Å². The molecule has 0 radical (unpaired) electrons. The molecule has 2 aromatic carbocycles. The van der Waals surface area contributed by atoms with Crippen molar-refractivity contribution >= 4 is 5.88 Å². The Hall–Kier alpha value is -2.83. The molecule has 1 aromatic heterocycles. The number of aliphatic hydroxyl groups is 1. The molecule has 1 unspecified atom stereocenters. The van der Waals surface area contributed by atoms with E-state index in [0.717, 1.165) is 60.1 Å². The number of aryl methyl sites for hydroxylation is 1. The van der Waals surface area contributed by atoms with E-state index in [4.69, 9.17) is 9.26 Å². The van der Waals surface area contributed by atoms with Gasteiger partial charge in [-0.25, -0.2) is 0 Å². The van der Waals surface area contributed by atoms with E-state index >= 15 is 0 Å². The average Bonchev–Trinajstić information content (AvgIpc) is 3.23. The molecule has 1 atom stereocenters. The Bertz CT molecular complexity index is 970. The molecule has 178 valence electrons. The number of ether oxygens (including phenoxy) is 1. The van der Waals surface area contributed by atoms with Gasteiger partial charge in [-0.1, -0.05) is 60.6 Å². The molecule has 0 bridgehead atoms. The van der Waals surface area contributed by atoms with Crippen LogP contribution in [-0.2, 0) is 6.54 Å². The minimum atomic E-state index is -0.604. The van der Waals surface area contributed by atoms with Gasteiger partial charge >= 0.3 is 0 Å². The summed E-state index contributed by atoms with van der Waals surface area (Å²) < 4.78 is 11.7. The van der Waals surface area contributed by atoms with Gasteiger partial charge < -0.3 is 19.3 Å². The Kier molecular flexibility index (Phi) is 9.34. The first kappa shape index (κ1) is 24.8. The van der Waals surface area contributed by atoms with Crippen LogP contribution in [0.4, 0.5) is 5.88 Å². The van der Waals surface area contributed by atoms with Crippen molar-refractivity contribution in [2.75, 3.05) is 37.7 Å². The van der Waals surface area contributed by atoms with Gasteiger partial charge in [0.05, 0.1) is 5.56 Å². The van der Waals surface area contributed by atoms with Crippen LogP contribution >= 0.6 is 0 Å². The summed E-state index contributed by atoms with van der Waals surface area (Å²) in [4.78, 5) is 4.45. The van der Waals surface area contributed by atoms with Gasteiger partial charge in [-0.15, -0.1) is 0 Å². The first-order chi connectivity index (χ1) is 16.1. The quantitative estimate of drug-likeness (QED) is 0.388. The molecule has 6 heteroatoms. The maximum atomic E-state index is 10.8. The van der Waals surface area contributed by atoms with Crippen molar-refractivity contribution in [1.29, 1.82) is 0 Å².